The number of halogens is 1. The molecule has 0 aliphatic carbocycles. The highest BCUT2D eigenvalue weighted by molar-refractivity contribution is 6.32. The first-order valence-electron chi connectivity index (χ1n) is 21.1. The van der Waals surface area contributed by atoms with Crippen LogP contribution in [0, 0.1) is 25.2 Å². The molecule has 2 saturated heterocycles. The second-order valence-electron chi connectivity index (χ2n) is 16.1. The number of nitriles is 1. The summed E-state index contributed by atoms with van der Waals surface area (Å²) >= 11 is 7.03. The van der Waals surface area contributed by atoms with Gasteiger partial charge >= 0.3 is 0 Å². The van der Waals surface area contributed by atoms with E-state index >= 15 is 0 Å². The van der Waals surface area contributed by atoms with Gasteiger partial charge in [-0.3, -0.25) is 19.4 Å². The van der Waals surface area contributed by atoms with E-state index in [9.17, 15) is 10.1 Å². The Morgan fingerprint density at radius 2 is 1.67 bits per heavy atom. The van der Waals surface area contributed by atoms with Gasteiger partial charge < -0.3 is 24.4 Å². The van der Waals surface area contributed by atoms with Crippen molar-refractivity contribution in [1.29, 1.82) is 5.26 Å². The number of ether oxygens (including phenoxy) is 3. The molecule has 2 aromatic heterocycles. The zero-order valence-corrected chi connectivity index (χ0v) is 36.0. The second kappa shape index (κ2) is 20.2. The van der Waals surface area contributed by atoms with Gasteiger partial charge in [0.2, 0.25) is 5.91 Å². The molecule has 4 heterocycles. The van der Waals surface area contributed by atoms with Crippen LogP contribution >= 0.6 is 11.6 Å². The van der Waals surface area contributed by atoms with E-state index in [-0.39, 0.29) is 24.6 Å². The number of hydrogen-bond donors (Lipinski definition) is 1. The summed E-state index contributed by atoms with van der Waals surface area (Å²) in [5.74, 6) is 2.16. The van der Waals surface area contributed by atoms with Gasteiger partial charge in [0.05, 0.1) is 23.4 Å². The summed E-state index contributed by atoms with van der Waals surface area (Å²) in [5, 5.41) is 17.5. The number of rotatable bonds is 16. The Morgan fingerprint density at radius 3 is 2.43 bits per heavy atom. The molecule has 0 saturated carbocycles. The number of likely N-dealkylation sites (tertiary alicyclic amines) is 2. The van der Waals surface area contributed by atoms with Crippen molar-refractivity contribution >= 4 is 17.5 Å². The zero-order chi connectivity index (χ0) is 42.0. The summed E-state index contributed by atoms with van der Waals surface area (Å²) in [6, 6.07) is 20.9. The molecule has 5 aromatic rings. The quantitative estimate of drug-likeness (QED) is 0.0974. The zero-order valence-electron chi connectivity index (χ0n) is 35.3. The van der Waals surface area contributed by atoms with Crippen molar-refractivity contribution in [3.63, 3.8) is 0 Å². The van der Waals surface area contributed by atoms with Crippen LogP contribution in [0.1, 0.15) is 90.4 Å². The van der Waals surface area contributed by atoms with Crippen LogP contribution in [0.5, 0.6) is 17.2 Å². The molecular formula is C48H56ClN7O4. The molecule has 1 atom stereocenters. The number of aryl methyl sites for hydroxylation is 1. The van der Waals surface area contributed by atoms with E-state index in [4.69, 9.17) is 25.8 Å². The fraction of sp³-hybridized carbons (Fsp3) is 0.417. The largest absolute Gasteiger partial charge is 0.493 e. The normalized spacial score (nSPS) is 16.3. The molecule has 0 radical (unpaired) electrons. The lowest BCUT2D eigenvalue weighted by atomic mass is 9.93. The minimum Gasteiger partial charge on any atom is -0.493 e. The number of benzene rings is 3. The van der Waals surface area contributed by atoms with Gasteiger partial charge in [-0.2, -0.15) is 10.4 Å². The summed E-state index contributed by atoms with van der Waals surface area (Å²) in [4.78, 5) is 20.6. The predicted octanol–water partition coefficient (Wildman–Crippen LogP) is 8.88. The summed E-state index contributed by atoms with van der Waals surface area (Å²) in [7, 11) is 1.95. The lowest BCUT2D eigenvalue weighted by Crippen LogP contribution is -2.44. The van der Waals surface area contributed by atoms with E-state index in [0.717, 1.165) is 103 Å². The number of hydrogen-bond acceptors (Lipinski definition) is 9. The molecule has 60 heavy (non-hydrogen) atoms. The molecule has 1 N–H and O–H groups in total. The van der Waals surface area contributed by atoms with E-state index in [0.29, 0.717) is 41.8 Å². The van der Waals surface area contributed by atoms with Crippen molar-refractivity contribution < 1.29 is 19.0 Å². The standard InChI is InChI=1S/C48H56ClN7O4/c1-33-38(10-7-11-42(33)43-12-8-14-46(34(43)2)58-21-9-17-55-19-15-41(16-20-55)53-35(3)57)32-60-48-24-47(59-31-37-22-36(25-50)26-51-27-37)39(23-44(48)49)30-56-18-6-5-13-45(56)40-28-52-54(4)29-40/h7-8,10-12,14,22-24,26-29,41,45H,5-6,9,13,15-21,30-32H2,1-4H3,(H,53,57). The number of carbonyl (C=O) groups is 1. The molecule has 0 bridgehead atoms. The Hall–Kier alpha value is -5.41. The third-order valence-corrected chi connectivity index (χ3v) is 12.1. The van der Waals surface area contributed by atoms with Crippen LogP contribution in [0.25, 0.3) is 11.1 Å². The predicted molar refractivity (Wildman–Crippen MR) is 234 cm³/mol. The topological polar surface area (TPSA) is 118 Å². The first-order valence-corrected chi connectivity index (χ1v) is 21.5. The molecule has 2 fully saturated rings. The number of carbonyl (C=O) groups excluding carboxylic acids is 1. The first kappa shape index (κ1) is 42.7. The smallest absolute Gasteiger partial charge is 0.217 e. The van der Waals surface area contributed by atoms with E-state index in [1.165, 1.54) is 12.0 Å². The first-order chi connectivity index (χ1) is 29.1. The fourth-order valence-electron chi connectivity index (χ4n) is 8.53. The van der Waals surface area contributed by atoms with Crippen LogP contribution in [0.15, 0.2) is 79.4 Å². The molecule has 11 nitrogen and oxygen atoms in total. The van der Waals surface area contributed by atoms with E-state index < -0.39 is 0 Å². The lowest BCUT2D eigenvalue weighted by molar-refractivity contribution is -0.119. The molecule has 3 aromatic carbocycles. The van der Waals surface area contributed by atoms with Crippen molar-refractivity contribution in [2.75, 3.05) is 32.8 Å². The Morgan fingerprint density at radius 1 is 0.883 bits per heavy atom. The molecule has 12 heteroatoms. The average Bonchev–Trinajstić information content (AvgIpc) is 3.69. The average molecular weight is 830 g/mol. The van der Waals surface area contributed by atoms with Crippen molar-refractivity contribution in [3.8, 4) is 34.4 Å². The molecule has 0 spiro atoms. The van der Waals surface area contributed by atoms with E-state index in [2.05, 4.69) is 81.6 Å². The highest BCUT2D eigenvalue weighted by atomic mass is 35.5. The highest BCUT2D eigenvalue weighted by Crippen LogP contribution is 2.39. The van der Waals surface area contributed by atoms with Crippen LogP contribution in [0.4, 0.5) is 0 Å². The highest BCUT2D eigenvalue weighted by Gasteiger charge is 2.27. The number of nitrogens with one attached hydrogen (secondary N) is 1. The van der Waals surface area contributed by atoms with Crippen LogP contribution in [-0.4, -0.2) is 69.3 Å². The lowest BCUT2D eigenvalue weighted by Gasteiger charge is -2.35. The maximum Gasteiger partial charge on any atom is 0.217 e. The number of piperidine rings is 2. The fourth-order valence-corrected chi connectivity index (χ4v) is 8.77. The van der Waals surface area contributed by atoms with Gasteiger partial charge in [0.15, 0.2) is 0 Å². The van der Waals surface area contributed by atoms with Gasteiger partial charge in [-0.05, 0) is 98.5 Å². The van der Waals surface area contributed by atoms with Crippen LogP contribution in [0.3, 0.4) is 0 Å². The van der Waals surface area contributed by atoms with Gasteiger partial charge in [-0.1, -0.05) is 48.4 Å². The summed E-state index contributed by atoms with van der Waals surface area (Å²) in [6.07, 6.45) is 13.6. The van der Waals surface area contributed by atoms with Gasteiger partial charge in [-0.15, -0.1) is 0 Å². The van der Waals surface area contributed by atoms with Gasteiger partial charge in [0.25, 0.3) is 0 Å². The minimum absolute atomic E-state index is 0.0521. The van der Waals surface area contributed by atoms with Crippen LogP contribution in [-0.2, 0) is 31.6 Å². The second-order valence-corrected chi connectivity index (χ2v) is 16.5. The van der Waals surface area contributed by atoms with Crippen molar-refractivity contribution in [2.45, 2.75) is 91.1 Å². The van der Waals surface area contributed by atoms with Crippen molar-refractivity contribution in [2.24, 2.45) is 7.05 Å². The molecule has 2 aliphatic rings. The molecule has 1 amide bonds. The molecular weight excluding hydrogens is 774 g/mol. The summed E-state index contributed by atoms with van der Waals surface area (Å²) in [5.41, 5.74) is 9.00. The number of amides is 1. The maximum absolute atomic E-state index is 11.4. The van der Waals surface area contributed by atoms with E-state index in [1.807, 2.05) is 36.1 Å². The van der Waals surface area contributed by atoms with Crippen LogP contribution < -0.4 is 19.5 Å². The van der Waals surface area contributed by atoms with Crippen molar-refractivity contribution in [1.82, 2.24) is 29.9 Å². The SMILES string of the molecule is CC(=O)NC1CCN(CCCOc2cccc(-c3cccc(COc4cc(OCc5cncc(C#N)c5)c(CN5CCCCC5c5cnn(C)c5)cc4Cl)c3C)c2C)CC1. The van der Waals surface area contributed by atoms with Gasteiger partial charge in [-0.25, -0.2) is 0 Å². The monoisotopic (exact) mass is 829 g/mol. The molecule has 2 aliphatic heterocycles. The minimum atomic E-state index is 0.0521. The Labute approximate surface area is 359 Å². The van der Waals surface area contributed by atoms with Gasteiger partial charge in [0.1, 0.15) is 36.5 Å². The van der Waals surface area contributed by atoms with Gasteiger partial charge in [0, 0.05) is 93.6 Å². The number of pyridine rings is 1. The Kier molecular flexibility index (Phi) is 14.4. The molecule has 7 rings (SSSR count). The van der Waals surface area contributed by atoms with Crippen LogP contribution in [0.2, 0.25) is 5.02 Å². The Bertz CT molecular complexity index is 2300. The molecule has 314 valence electrons. The van der Waals surface area contributed by atoms with E-state index in [1.54, 1.807) is 25.4 Å². The molecule has 1 unspecified atom stereocenters. The Balaban J connectivity index is 1.04. The third-order valence-electron chi connectivity index (χ3n) is 11.8. The number of nitrogens with zero attached hydrogens (tertiary/aromatic N) is 6. The summed E-state index contributed by atoms with van der Waals surface area (Å²) < 4.78 is 21.2. The third kappa shape index (κ3) is 10.8. The number of aromatic nitrogens is 3. The van der Waals surface area contributed by atoms with Crippen molar-refractivity contribution in [3.05, 3.63) is 123 Å². The maximum atomic E-state index is 11.4. The summed E-state index contributed by atoms with van der Waals surface area (Å²) in [6.45, 7) is 11.6.